The average Bonchev–Trinajstić information content (AvgIpc) is 3.50. The van der Waals surface area contributed by atoms with Gasteiger partial charge in [-0.1, -0.05) is 19.1 Å². The van der Waals surface area contributed by atoms with E-state index < -0.39 is 0 Å². The van der Waals surface area contributed by atoms with Crippen molar-refractivity contribution in [1.82, 2.24) is 38.9 Å². The summed E-state index contributed by atoms with van der Waals surface area (Å²) in [6, 6.07) is 8.66. The number of ether oxygens (including phenoxy) is 2. The minimum atomic E-state index is 0.462. The van der Waals surface area contributed by atoms with E-state index in [9.17, 15) is 0 Å². The van der Waals surface area contributed by atoms with E-state index >= 15 is 0 Å². The molecule has 3 fully saturated rings. The number of anilines is 1. The van der Waals surface area contributed by atoms with Crippen LogP contribution >= 0.6 is 0 Å². The number of piperazine rings is 1. The van der Waals surface area contributed by atoms with Crippen molar-refractivity contribution < 1.29 is 9.47 Å². The van der Waals surface area contributed by atoms with Crippen molar-refractivity contribution in [3.8, 4) is 5.95 Å². The molecule has 6 heterocycles. The van der Waals surface area contributed by atoms with Crippen molar-refractivity contribution in [1.29, 1.82) is 0 Å². The minimum absolute atomic E-state index is 0.462. The fourth-order valence-electron chi connectivity index (χ4n) is 6.01. The molecule has 7 rings (SSSR count). The Bertz CT molecular complexity index is 1460. The molecular weight excluding hydrogens is 482 g/mol. The van der Waals surface area contributed by atoms with Gasteiger partial charge in [0.05, 0.1) is 44.0 Å². The second kappa shape index (κ2) is 9.88. The van der Waals surface area contributed by atoms with Crippen molar-refractivity contribution >= 4 is 28.0 Å². The van der Waals surface area contributed by atoms with Crippen molar-refractivity contribution in [2.45, 2.75) is 25.9 Å². The predicted octanol–water partition coefficient (Wildman–Crippen LogP) is 1.62. The SMILES string of the molecule is CCc1nc2ccccc2n1-c1nc(N2CCOCC2)c2nc(CN3CCN4CCOC[C@H]4C3)n(C)c2n1. The number of fused-ring (bicyclic) bond motifs is 3. The van der Waals surface area contributed by atoms with Crippen LogP contribution in [0.15, 0.2) is 24.3 Å². The Morgan fingerprint density at radius 2 is 1.74 bits per heavy atom. The molecule has 11 heteroatoms. The van der Waals surface area contributed by atoms with Crippen LogP contribution in [0.4, 0.5) is 5.82 Å². The highest BCUT2D eigenvalue weighted by Crippen LogP contribution is 2.29. The van der Waals surface area contributed by atoms with Gasteiger partial charge in [0.2, 0.25) is 5.95 Å². The van der Waals surface area contributed by atoms with E-state index in [-0.39, 0.29) is 0 Å². The minimum Gasteiger partial charge on any atom is -0.378 e. The molecule has 0 aliphatic carbocycles. The first kappa shape index (κ1) is 24.0. The van der Waals surface area contributed by atoms with E-state index in [0.717, 1.165) is 105 Å². The molecule has 0 spiro atoms. The highest BCUT2D eigenvalue weighted by molar-refractivity contribution is 5.86. The molecule has 3 saturated heterocycles. The van der Waals surface area contributed by atoms with Gasteiger partial charge in [-0.05, 0) is 12.1 Å². The highest BCUT2D eigenvalue weighted by atomic mass is 16.5. The van der Waals surface area contributed by atoms with E-state index in [1.54, 1.807) is 0 Å². The molecular formula is C27H35N9O2. The molecule has 0 amide bonds. The molecule has 11 nitrogen and oxygen atoms in total. The predicted molar refractivity (Wildman–Crippen MR) is 145 cm³/mol. The molecule has 3 aromatic heterocycles. The Kier molecular flexibility index (Phi) is 6.23. The van der Waals surface area contributed by atoms with Crippen molar-refractivity contribution in [2.24, 2.45) is 7.05 Å². The Hall–Kier alpha value is -3.12. The van der Waals surface area contributed by atoms with Gasteiger partial charge in [-0.2, -0.15) is 9.97 Å². The largest absolute Gasteiger partial charge is 0.378 e. The number of rotatable bonds is 5. The number of imidazole rings is 2. The van der Waals surface area contributed by atoms with E-state index in [2.05, 4.69) is 43.9 Å². The summed E-state index contributed by atoms with van der Waals surface area (Å²) >= 11 is 0. The van der Waals surface area contributed by atoms with Crippen LogP contribution in [0, 0.1) is 0 Å². The lowest BCUT2D eigenvalue weighted by Gasteiger charge is -2.43. The lowest BCUT2D eigenvalue weighted by Crippen LogP contribution is -2.57. The Balaban J connectivity index is 1.31. The number of hydrogen-bond acceptors (Lipinski definition) is 9. The zero-order valence-corrected chi connectivity index (χ0v) is 22.2. The second-order valence-electron chi connectivity index (χ2n) is 10.4. The van der Waals surface area contributed by atoms with Crippen LogP contribution in [0.5, 0.6) is 0 Å². The summed E-state index contributed by atoms with van der Waals surface area (Å²) in [4.78, 5) is 27.6. The number of hydrogen-bond donors (Lipinski definition) is 0. The Labute approximate surface area is 222 Å². The molecule has 3 aliphatic heterocycles. The summed E-state index contributed by atoms with van der Waals surface area (Å²) in [7, 11) is 2.08. The lowest BCUT2D eigenvalue weighted by atomic mass is 10.1. The first-order valence-corrected chi connectivity index (χ1v) is 13.8. The third-order valence-corrected chi connectivity index (χ3v) is 8.13. The molecule has 0 N–H and O–H groups in total. The maximum atomic E-state index is 5.76. The molecule has 38 heavy (non-hydrogen) atoms. The van der Waals surface area contributed by atoms with E-state index in [1.165, 1.54) is 0 Å². The molecule has 3 aliphatic rings. The first-order chi connectivity index (χ1) is 18.7. The van der Waals surface area contributed by atoms with Gasteiger partial charge in [-0.25, -0.2) is 9.97 Å². The molecule has 0 bridgehead atoms. The summed E-state index contributed by atoms with van der Waals surface area (Å²) in [5.41, 5.74) is 3.69. The number of morpholine rings is 2. The van der Waals surface area contributed by atoms with Gasteiger partial charge in [0.1, 0.15) is 11.6 Å². The third kappa shape index (κ3) is 4.14. The van der Waals surface area contributed by atoms with Crippen LogP contribution in [0.25, 0.3) is 28.1 Å². The summed E-state index contributed by atoms with van der Waals surface area (Å²) in [6.07, 6.45) is 0.788. The van der Waals surface area contributed by atoms with Gasteiger partial charge in [0.15, 0.2) is 17.0 Å². The van der Waals surface area contributed by atoms with Crippen molar-refractivity contribution in [3.05, 3.63) is 35.9 Å². The molecule has 4 aromatic rings. The topological polar surface area (TPSA) is 89.6 Å². The van der Waals surface area contributed by atoms with Gasteiger partial charge in [-0.15, -0.1) is 0 Å². The zero-order valence-electron chi connectivity index (χ0n) is 22.2. The van der Waals surface area contributed by atoms with E-state index in [4.69, 9.17) is 29.4 Å². The molecule has 200 valence electrons. The Morgan fingerprint density at radius 1 is 0.895 bits per heavy atom. The molecule has 0 radical (unpaired) electrons. The fourth-order valence-corrected chi connectivity index (χ4v) is 6.01. The van der Waals surface area contributed by atoms with Crippen LogP contribution in [-0.4, -0.2) is 111 Å². The van der Waals surface area contributed by atoms with Crippen LogP contribution in [0.2, 0.25) is 0 Å². The van der Waals surface area contributed by atoms with Gasteiger partial charge < -0.3 is 18.9 Å². The maximum Gasteiger partial charge on any atom is 0.239 e. The first-order valence-electron chi connectivity index (χ1n) is 13.8. The van der Waals surface area contributed by atoms with Crippen molar-refractivity contribution in [2.75, 3.05) is 70.6 Å². The lowest BCUT2D eigenvalue weighted by molar-refractivity contribution is -0.0466. The van der Waals surface area contributed by atoms with Crippen LogP contribution < -0.4 is 4.90 Å². The van der Waals surface area contributed by atoms with Gasteiger partial charge in [0.25, 0.3) is 0 Å². The van der Waals surface area contributed by atoms with Gasteiger partial charge >= 0.3 is 0 Å². The van der Waals surface area contributed by atoms with Gasteiger partial charge in [-0.3, -0.25) is 14.4 Å². The molecule has 1 atom stereocenters. The highest BCUT2D eigenvalue weighted by Gasteiger charge is 2.31. The maximum absolute atomic E-state index is 5.76. The smallest absolute Gasteiger partial charge is 0.239 e. The monoisotopic (exact) mass is 517 g/mol. The van der Waals surface area contributed by atoms with Crippen molar-refractivity contribution in [3.63, 3.8) is 0 Å². The summed E-state index contributed by atoms with van der Waals surface area (Å²) < 4.78 is 15.7. The number of aromatic nitrogens is 6. The second-order valence-corrected chi connectivity index (χ2v) is 10.4. The molecule has 0 saturated carbocycles. The number of para-hydroxylation sites is 2. The number of aryl methyl sites for hydroxylation is 2. The number of nitrogens with zero attached hydrogens (tertiary/aromatic N) is 9. The molecule has 1 aromatic carbocycles. The summed E-state index contributed by atoms with van der Waals surface area (Å²) in [5.74, 6) is 3.48. The normalized spacial score (nSPS) is 21.4. The third-order valence-electron chi connectivity index (χ3n) is 8.13. The van der Waals surface area contributed by atoms with Crippen LogP contribution in [-0.2, 0) is 29.5 Å². The summed E-state index contributed by atoms with van der Waals surface area (Å²) in [6.45, 7) is 11.6. The van der Waals surface area contributed by atoms with Gasteiger partial charge in [0, 0.05) is 58.8 Å². The van der Waals surface area contributed by atoms with E-state index in [0.29, 0.717) is 25.2 Å². The standard InChI is InChI=1S/C27H35N9O2/c1-3-22-28-20-6-4-5-7-21(20)36(22)27-30-25-24(26(31-27)35-11-13-37-14-12-35)29-23(32(25)2)17-33-8-9-34-10-15-38-18-19(34)16-33/h4-7,19H,3,8-18H2,1-2H3/t19-/m1/s1. The van der Waals surface area contributed by atoms with Crippen LogP contribution in [0.1, 0.15) is 18.6 Å². The number of benzene rings is 1. The van der Waals surface area contributed by atoms with Crippen LogP contribution in [0.3, 0.4) is 0 Å². The van der Waals surface area contributed by atoms with E-state index in [1.807, 2.05) is 18.2 Å². The average molecular weight is 518 g/mol. The fraction of sp³-hybridized carbons (Fsp3) is 0.556. The summed E-state index contributed by atoms with van der Waals surface area (Å²) in [5, 5.41) is 0. The zero-order chi connectivity index (χ0) is 25.6. The molecule has 0 unspecified atom stereocenters. The Morgan fingerprint density at radius 3 is 2.61 bits per heavy atom. The quantitative estimate of drug-likeness (QED) is 0.392.